The van der Waals surface area contributed by atoms with Crippen molar-refractivity contribution in [1.82, 2.24) is 0 Å². The molecule has 2 amide bonds. The van der Waals surface area contributed by atoms with Gasteiger partial charge < -0.3 is 4.74 Å². The first-order valence-corrected chi connectivity index (χ1v) is 10.9. The number of hydrogen-bond donors (Lipinski definition) is 0. The van der Waals surface area contributed by atoms with Crippen LogP contribution in [0, 0.1) is 11.8 Å². The van der Waals surface area contributed by atoms with E-state index in [9.17, 15) is 19.2 Å². The molecular weight excluding hydrogens is 418 g/mol. The highest BCUT2D eigenvalue weighted by Gasteiger charge is 2.47. The SMILES string of the molecule is O=C(OCC(=O)c1cccc2ccccc12)c1ccc(N2C(=O)C3CC=CCC3C2=O)cc1. The number of imide groups is 1. The molecule has 0 saturated carbocycles. The molecule has 1 aliphatic carbocycles. The standard InChI is InChI=1S/C27H21NO5/c29-24(21-11-5-7-17-6-1-2-8-20(17)21)16-33-27(32)18-12-14-19(15-13-18)28-25(30)22-9-3-4-10-23(22)26(28)31/h1-8,11-15,22-23H,9-10,16H2. The number of nitrogens with zero attached hydrogens (tertiary/aromatic N) is 1. The number of hydrogen-bond acceptors (Lipinski definition) is 5. The number of esters is 1. The Labute approximate surface area is 190 Å². The number of carbonyl (C=O) groups is 4. The van der Waals surface area contributed by atoms with Gasteiger partial charge in [0.05, 0.1) is 23.1 Å². The fourth-order valence-corrected chi connectivity index (χ4v) is 4.56. The molecular formula is C27H21NO5. The topological polar surface area (TPSA) is 80.8 Å². The number of fused-ring (bicyclic) bond motifs is 2. The third-order valence-electron chi connectivity index (χ3n) is 6.29. The Morgan fingerprint density at radius 1 is 0.818 bits per heavy atom. The van der Waals surface area contributed by atoms with Crippen molar-refractivity contribution >= 4 is 40.0 Å². The highest BCUT2D eigenvalue weighted by molar-refractivity contribution is 6.22. The van der Waals surface area contributed by atoms with E-state index in [1.807, 2.05) is 42.5 Å². The minimum absolute atomic E-state index is 0.203. The van der Waals surface area contributed by atoms with Crippen molar-refractivity contribution in [1.29, 1.82) is 0 Å². The van der Waals surface area contributed by atoms with Gasteiger partial charge >= 0.3 is 5.97 Å². The van der Waals surface area contributed by atoms with E-state index in [0.717, 1.165) is 10.8 Å². The average molecular weight is 439 g/mol. The minimum atomic E-state index is -0.646. The van der Waals surface area contributed by atoms with Gasteiger partial charge in [0.2, 0.25) is 17.6 Å². The highest BCUT2D eigenvalue weighted by Crippen LogP contribution is 2.37. The first kappa shape index (κ1) is 20.8. The van der Waals surface area contributed by atoms with Crippen LogP contribution in [0.15, 0.2) is 78.9 Å². The van der Waals surface area contributed by atoms with E-state index in [1.54, 1.807) is 24.3 Å². The molecule has 1 heterocycles. The Balaban J connectivity index is 1.26. The maximum absolute atomic E-state index is 12.7. The quantitative estimate of drug-likeness (QED) is 0.256. The molecule has 1 fully saturated rings. The summed E-state index contributed by atoms with van der Waals surface area (Å²) in [5.41, 5.74) is 1.17. The lowest BCUT2D eigenvalue weighted by molar-refractivity contribution is -0.122. The molecule has 0 radical (unpaired) electrons. The molecule has 1 aliphatic heterocycles. The number of ether oxygens (including phenoxy) is 1. The molecule has 2 unspecified atom stereocenters. The molecule has 6 heteroatoms. The second kappa shape index (κ2) is 8.47. The average Bonchev–Trinajstić information content (AvgIpc) is 3.12. The third kappa shape index (κ3) is 3.74. The van der Waals surface area contributed by atoms with Crippen LogP contribution < -0.4 is 4.90 Å². The summed E-state index contributed by atoms with van der Waals surface area (Å²) in [4.78, 5) is 51.8. The van der Waals surface area contributed by atoms with E-state index in [2.05, 4.69) is 0 Å². The molecule has 6 nitrogen and oxygen atoms in total. The predicted octanol–water partition coefficient (Wildman–Crippen LogP) is 4.34. The van der Waals surface area contributed by atoms with Gasteiger partial charge in [0.25, 0.3) is 0 Å². The largest absolute Gasteiger partial charge is 0.454 e. The van der Waals surface area contributed by atoms with Gasteiger partial charge in [0.1, 0.15) is 0 Å². The lowest BCUT2D eigenvalue weighted by Gasteiger charge is -2.15. The van der Waals surface area contributed by atoms with Gasteiger partial charge in [-0.15, -0.1) is 0 Å². The predicted molar refractivity (Wildman–Crippen MR) is 123 cm³/mol. The van der Waals surface area contributed by atoms with Crippen LogP contribution >= 0.6 is 0 Å². The van der Waals surface area contributed by atoms with Crippen LogP contribution in [0.1, 0.15) is 33.6 Å². The van der Waals surface area contributed by atoms with Crippen molar-refractivity contribution in [2.24, 2.45) is 11.8 Å². The van der Waals surface area contributed by atoms with Gasteiger partial charge in [-0.2, -0.15) is 0 Å². The van der Waals surface area contributed by atoms with Crippen molar-refractivity contribution in [2.75, 3.05) is 11.5 Å². The molecule has 1 saturated heterocycles. The molecule has 0 aromatic heterocycles. The first-order chi connectivity index (χ1) is 16.0. The second-order valence-electron chi connectivity index (χ2n) is 8.24. The van der Waals surface area contributed by atoms with Crippen LogP contribution in [0.5, 0.6) is 0 Å². The molecule has 0 bridgehead atoms. The van der Waals surface area contributed by atoms with Crippen molar-refractivity contribution in [2.45, 2.75) is 12.8 Å². The highest BCUT2D eigenvalue weighted by atomic mass is 16.5. The number of ketones is 1. The maximum atomic E-state index is 12.7. The van der Waals surface area contributed by atoms with Crippen molar-refractivity contribution in [3.8, 4) is 0 Å². The summed E-state index contributed by atoms with van der Waals surface area (Å²) < 4.78 is 5.23. The molecule has 164 valence electrons. The zero-order valence-electron chi connectivity index (χ0n) is 17.8. The van der Waals surface area contributed by atoms with Crippen molar-refractivity contribution in [3.63, 3.8) is 0 Å². The third-order valence-corrected chi connectivity index (χ3v) is 6.29. The van der Waals surface area contributed by atoms with E-state index >= 15 is 0 Å². The summed E-state index contributed by atoms with van der Waals surface area (Å²) >= 11 is 0. The summed E-state index contributed by atoms with van der Waals surface area (Å²) in [5.74, 6) is -1.97. The summed E-state index contributed by atoms with van der Waals surface area (Å²) in [6.07, 6.45) is 5.02. The van der Waals surface area contributed by atoms with E-state index in [-0.39, 0.29) is 41.6 Å². The van der Waals surface area contributed by atoms with Crippen molar-refractivity contribution in [3.05, 3.63) is 90.0 Å². The number of anilines is 1. The van der Waals surface area contributed by atoms with Crippen LogP contribution in [0.4, 0.5) is 5.69 Å². The molecule has 0 N–H and O–H groups in total. The van der Waals surface area contributed by atoms with Gasteiger partial charge in [-0.3, -0.25) is 19.3 Å². The van der Waals surface area contributed by atoms with E-state index in [0.29, 0.717) is 24.1 Å². The Morgan fingerprint density at radius 2 is 1.45 bits per heavy atom. The van der Waals surface area contributed by atoms with Crippen LogP contribution in [-0.4, -0.2) is 30.2 Å². The number of amides is 2. The number of carbonyl (C=O) groups excluding carboxylic acids is 4. The van der Waals surface area contributed by atoms with Crippen molar-refractivity contribution < 1.29 is 23.9 Å². The lowest BCUT2D eigenvalue weighted by Crippen LogP contribution is -2.30. The fourth-order valence-electron chi connectivity index (χ4n) is 4.56. The first-order valence-electron chi connectivity index (χ1n) is 10.9. The molecule has 33 heavy (non-hydrogen) atoms. The van der Waals surface area contributed by atoms with Crippen LogP contribution in [-0.2, 0) is 14.3 Å². The zero-order chi connectivity index (χ0) is 22.9. The maximum Gasteiger partial charge on any atom is 0.338 e. The van der Waals surface area contributed by atoms with Crippen LogP contribution in [0.3, 0.4) is 0 Å². The summed E-state index contributed by atoms with van der Waals surface area (Å²) in [5, 5.41) is 1.74. The summed E-state index contributed by atoms with van der Waals surface area (Å²) in [7, 11) is 0. The smallest absolute Gasteiger partial charge is 0.338 e. The lowest BCUT2D eigenvalue weighted by atomic mass is 9.85. The van der Waals surface area contributed by atoms with E-state index < -0.39 is 5.97 Å². The summed E-state index contributed by atoms with van der Waals surface area (Å²) in [6, 6.07) is 19.1. The van der Waals surface area contributed by atoms with Gasteiger partial charge in [0.15, 0.2) is 6.61 Å². The Kier molecular flexibility index (Phi) is 5.34. The Morgan fingerprint density at radius 3 is 2.15 bits per heavy atom. The Hall–Kier alpha value is -4.06. The van der Waals surface area contributed by atoms with Gasteiger partial charge in [-0.1, -0.05) is 54.6 Å². The number of Topliss-reactive ketones (excluding diaryl/α,β-unsaturated/α-hetero) is 1. The summed E-state index contributed by atoms with van der Waals surface area (Å²) in [6.45, 7) is -0.381. The molecule has 5 rings (SSSR count). The second-order valence-corrected chi connectivity index (χ2v) is 8.24. The zero-order valence-corrected chi connectivity index (χ0v) is 17.8. The number of rotatable bonds is 5. The monoisotopic (exact) mass is 439 g/mol. The van der Waals surface area contributed by atoms with Crippen LogP contribution in [0.2, 0.25) is 0 Å². The van der Waals surface area contributed by atoms with Crippen LogP contribution in [0.25, 0.3) is 10.8 Å². The Bertz CT molecular complexity index is 1280. The molecule has 2 aliphatic rings. The molecule has 3 aromatic carbocycles. The fraction of sp³-hybridized carbons (Fsp3) is 0.185. The van der Waals surface area contributed by atoms with E-state index in [1.165, 1.54) is 17.0 Å². The molecule has 2 atom stereocenters. The normalized spacial score (nSPS) is 19.6. The van der Waals surface area contributed by atoms with Gasteiger partial charge in [-0.05, 0) is 47.9 Å². The molecule has 3 aromatic rings. The van der Waals surface area contributed by atoms with Gasteiger partial charge in [-0.25, -0.2) is 4.79 Å². The van der Waals surface area contributed by atoms with Gasteiger partial charge in [0, 0.05) is 5.56 Å². The number of allylic oxidation sites excluding steroid dienone is 2. The molecule has 0 spiro atoms. The van der Waals surface area contributed by atoms with E-state index in [4.69, 9.17) is 4.74 Å². The number of benzene rings is 3. The minimum Gasteiger partial charge on any atom is -0.454 e.